The molecule has 1 saturated heterocycles. The molecule has 0 unspecified atom stereocenters. The molecule has 0 radical (unpaired) electrons. The smallest absolute Gasteiger partial charge is 0.122 e. The normalized spacial score (nSPS) is 14.6. The lowest BCUT2D eigenvalue weighted by atomic mass is 10.0. The summed E-state index contributed by atoms with van der Waals surface area (Å²) >= 11 is 0. The SMILES string of the molecule is COc1cc(CN2CCN(CCCOc3ccccc3Cc3ccccc3)CC2)cc(OC)c1. The zero-order valence-corrected chi connectivity index (χ0v) is 20.4. The quantitative estimate of drug-likeness (QED) is 0.381. The van der Waals surface area contributed by atoms with Gasteiger partial charge in [0.2, 0.25) is 0 Å². The molecule has 34 heavy (non-hydrogen) atoms. The van der Waals surface area contributed by atoms with Crippen LogP contribution in [0, 0.1) is 0 Å². The Labute approximate surface area is 203 Å². The number of methoxy groups -OCH3 is 2. The summed E-state index contributed by atoms with van der Waals surface area (Å²) in [5.41, 5.74) is 3.78. The van der Waals surface area contributed by atoms with E-state index in [-0.39, 0.29) is 0 Å². The van der Waals surface area contributed by atoms with Crippen molar-refractivity contribution in [3.05, 3.63) is 89.5 Å². The molecule has 5 heteroatoms. The first-order valence-corrected chi connectivity index (χ1v) is 12.1. The summed E-state index contributed by atoms with van der Waals surface area (Å²) in [7, 11) is 3.39. The van der Waals surface area contributed by atoms with E-state index in [1.807, 2.05) is 6.07 Å². The van der Waals surface area contributed by atoms with E-state index >= 15 is 0 Å². The number of ether oxygens (including phenoxy) is 3. The van der Waals surface area contributed by atoms with Gasteiger partial charge in [0.1, 0.15) is 17.2 Å². The fraction of sp³-hybridized carbons (Fsp3) is 0.379. The molecule has 3 aromatic rings. The van der Waals surface area contributed by atoms with Gasteiger partial charge in [-0.2, -0.15) is 0 Å². The van der Waals surface area contributed by atoms with Crippen LogP contribution in [0.25, 0.3) is 0 Å². The molecule has 4 rings (SSSR count). The van der Waals surface area contributed by atoms with Gasteiger partial charge in [-0.05, 0) is 41.3 Å². The van der Waals surface area contributed by atoms with Gasteiger partial charge in [-0.25, -0.2) is 0 Å². The van der Waals surface area contributed by atoms with Crippen molar-refractivity contribution in [3.8, 4) is 17.2 Å². The van der Waals surface area contributed by atoms with E-state index in [9.17, 15) is 0 Å². The summed E-state index contributed by atoms with van der Waals surface area (Å²) in [6, 6.07) is 25.1. The molecule has 0 saturated carbocycles. The monoisotopic (exact) mass is 460 g/mol. The van der Waals surface area contributed by atoms with E-state index in [0.29, 0.717) is 0 Å². The fourth-order valence-electron chi connectivity index (χ4n) is 4.46. The van der Waals surface area contributed by atoms with Gasteiger partial charge in [0.15, 0.2) is 0 Å². The number of para-hydroxylation sites is 1. The molecule has 0 aromatic heterocycles. The van der Waals surface area contributed by atoms with Gasteiger partial charge in [0, 0.05) is 51.8 Å². The van der Waals surface area contributed by atoms with Gasteiger partial charge in [-0.1, -0.05) is 48.5 Å². The van der Waals surface area contributed by atoms with Gasteiger partial charge < -0.3 is 19.1 Å². The third kappa shape index (κ3) is 6.99. The van der Waals surface area contributed by atoms with Crippen LogP contribution in [0.5, 0.6) is 17.2 Å². The number of piperazine rings is 1. The summed E-state index contributed by atoms with van der Waals surface area (Å²) < 4.78 is 17.0. The summed E-state index contributed by atoms with van der Waals surface area (Å²) in [6.07, 6.45) is 1.94. The third-order valence-corrected chi connectivity index (χ3v) is 6.37. The highest BCUT2D eigenvalue weighted by atomic mass is 16.5. The lowest BCUT2D eigenvalue weighted by Gasteiger charge is -2.34. The third-order valence-electron chi connectivity index (χ3n) is 6.37. The van der Waals surface area contributed by atoms with Crippen LogP contribution < -0.4 is 14.2 Å². The number of hydrogen-bond donors (Lipinski definition) is 0. The van der Waals surface area contributed by atoms with E-state index in [1.54, 1.807) is 14.2 Å². The van der Waals surface area contributed by atoms with Crippen LogP contribution in [0.1, 0.15) is 23.1 Å². The van der Waals surface area contributed by atoms with Gasteiger partial charge in [-0.3, -0.25) is 4.90 Å². The molecule has 5 nitrogen and oxygen atoms in total. The van der Waals surface area contributed by atoms with Crippen LogP contribution in [-0.2, 0) is 13.0 Å². The molecule has 1 heterocycles. The van der Waals surface area contributed by atoms with E-state index in [0.717, 1.165) is 76.0 Å². The molecule has 0 bridgehead atoms. The van der Waals surface area contributed by atoms with Crippen LogP contribution >= 0.6 is 0 Å². The molecular weight excluding hydrogens is 424 g/mol. The number of hydrogen-bond acceptors (Lipinski definition) is 5. The van der Waals surface area contributed by atoms with Crippen molar-refractivity contribution >= 4 is 0 Å². The van der Waals surface area contributed by atoms with E-state index < -0.39 is 0 Å². The zero-order valence-electron chi connectivity index (χ0n) is 20.4. The maximum Gasteiger partial charge on any atom is 0.122 e. The van der Waals surface area contributed by atoms with E-state index in [4.69, 9.17) is 14.2 Å². The van der Waals surface area contributed by atoms with Crippen molar-refractivity contribution in [3.63, 3.8) is 0 Å². The summed E-state index contributed by atoms with van der Waals surface area (Å²) in [4.78, 5) is 5.04. The first-order valence-electron chi connectivity index (χ1n) is 12.1. The van der Waals surface area contributed by atoms with Crippen molar-refractivity contribution in [1.82, 2.24) is 9.80 Å². The standard InChI is InChI=1S/C29H36N2O3/c1-32-27-20-25(21-28(22-27)33-2)23-31-16-14-30(15-17-31)13-8-18-34-29-12-7-6-11-26(29)19-24-9-4-3-5-10-24/h3-7,9-12,20-22H,8,13-19,23H2,1-2H3. The molecule has 0 N–H and O–H groups in total. The van der Waals surface area contributed by atoms with Crippen LogP contribution in [0.3, 0.4) is 0 Å². The van der Waals surface area contributed by atoms with E-state index in [2.05, 4.69) is 76.5 Å². The number of nitrogens with zero attached hydrogens (tertiary/aromatic N) is 2. The van der Waals surface area contributed by atoms with E-state index in [1.165, 1.54) is 16.7 Å². The molecule has 0 atom stereocenters. The molecule has 0 aliphatic carbocycles. The van der Waals surface area contributed by atoms with Crippen molar-refractivity contribution in [1.29, 1.82) is 0 Å². The average Bonchev–Trinajstić information content (AvgIpc) is 2.89. The van der Waals surface area contributed by atoms with Crippen molar-refractivity contribution in [2.45, 2.75) is 19.4 Å². The first-order chi connectivity index (χ1) is 16.7. The second kappa shape index (κ2) is 12.4. The molecule has 3 aromatic carbocycles. The van der Waals surface area contributed by atoms with Crippen LogP contribution in [0.4, 0.5) is 0 Å². The second-order valence-electron chi connectivity index (χ2n) is 8.81. The van der Waals surface area contributed by atoms with Crippen molar-refractivity contribution < 1.29 is 14.2 Å². The summed E-state index contributed by atoms with van der Waals surface area (Å²) in [5, 5.41) is 0. The Balaban J connectivity index is 1.19. The minimum absolute atomic E-state index is 0.746. The Morgan fingerprint density at radius 2 is 1.35 bits per heavy atom. The van der Waals surface area contributed by atoms with Gasteiger partial charge in [0.05, 0.1) is 20.8 Å². The van der Waals surface area contributed by atoms with Crippen molar-refractivity contribution in [2.24, 2.45) is 0 Å². The summed E-state index contributed by atoms with van der Waals surface area (Å²) in [6.45, 7) is 7.05. The Kier molecular flexibility index (Phi) is 8.83. The maximum absolute atomic E-state index is 6.18. The molecule has 0 spiro atoms. The minimum Gasteiger partial charge on any atom is -0.497 e. The molecule has 1 aliphatic heterocycles. The molecule has 1 fully saturated rings. The fourth-order valence-corrected chi connectivity index (χ4v) is 4.46. The molecule has 180 valence electrons. The maximum atomic E-state index is 6.18. The van der Waals surface area contributed by atoms with Crippen LogP contribution in [0.2, 0.25) is 0 Å². The highest BCUT2D eigenvalue weighted by Gasteiger charge is 2.17. The Bertz CT molecular complexity index is 995. The Morgan fingerprint density at radius 1 is 0.706 bits per heavy atom. The molecule has 1 aliphatic rings. The predicted octanol–water partition coefficient (Wildman–Crippen LogP) is 4.88. The molecular formula is C29H36N2O3. The topological polar surface area (TPSA) is 34.2 Å². The zero-order chi connectivity index (χ0) is 23.6. The second-order valence-corrected chi connectivity index (χ2v) is 8.81. The van der Waals surface area contributed by atoms with Gasteiger partial charge >= 0.3 is 0 Å². The largest absolute Gasteiger partial charge is 0.497 e. The number of rotatable bonds is 11. The minimum atomic E-state index is 0.746. The lowest BCUT2D eigenvalue weighted by Crippen LogP contribution is -2.46. The average molecular weight is 461 g/mol. The molecule has 0 amide bonds. The highest BCUT2D eigenvalue weighted by Crippen LogP contribution is 2.24. The predicted molar refractivity (Wildman–Crippen MR) is 137 cm³/mol. The van der Waals surface area contributed by atoms with Crippen LogP contribution in [0.15, 0.2) is 72.8 Å². The lowest BCUT2D eigenvalue weighted by molar-refractivity contribution is 0.121. The Morgan fingerprint density at radius 3 is 2.06 bits per heavy atom. The summed E-state index contributed by atoms with van der Waals surface area (Å²) in [5.74, 6) is 2.70. The van der Waals surface area contributed by atoms with Crippen LogP contribution in [-0.4, -0.2) is 63.4 Å². The van der Waals surface area contributed by atoms with Gasteiger partial charge in [0.25, 0.3) is 0 Å². The number of benzene rings is 3. The highest BCUT2D eigenvalue weighted by molar-refractivity contribution is 5.39. The Hall–Kier alpha value is -3.02. The van der Waals surface area contributed by atoms with Crippen molar-refractivity contribution in [2.75, 3.05) is 53.6 Å². The van der Waals surface area contributed by atoms with Gasteiger partial charge in [-0.15, -0.1) is 0 Å². The first kappa shape index (κ1) is 24.1.